The SMILES string of the molecule is COC(=O)[C@]12C[C@H](CC(=O)N3CCN(C(=O)c4ccco4)CC3)C(=O)N(Cc3ccc(Cl)cc3Cl)C1=C[C@H](COCc1ccccc1)O[C@@H]2C. The average Bonchev–Trinajstić information content (AvgIpc) is 3.66. The number of carbonyl (C=O) groups is 4. The van der Waals surface area contributed by atoms with E-state index in [-0.39, 0.29) is 49.5 Å². The zero-order chi connectivity index (χ0) is 35.4. The Morgan fingerprint density at radius 3 is 2.40 bits per heavy atom. The topological polar surface area (TPSA) is 119 Å². The summed E-state index contributed by atoms with van der Waals surface area (Å²) >= 11 is 12.8. The van der Waals surface area contributed by atoms with Gasteiger partial charge in [0.25, 0.3) is 5.91 Å². The Hall–Kier alpha value is -4.16. The van der Waals surface area contributed by atoms with E-state index in [1.165, 1.54) is 18.3 Å². The van der Waals surface area contributed by atoms with Crippen LogP contribution in [0.15, 0.2) is 83.1 Å². The lowest BCUT2D eigenvalue weighted by Crippen LogP contribution is -2.60. The number of fused-ring (bicyclic) bond motifs is 1. The van der Waals surface area contributed by atoms with Crippen LogP contribution in [-0.2, 0) is 41.7 Å². The van der Waals surface area contributed by atoms with Gasteiger partial charge in [-0.05, 0) is 54.8 Å². The molecule has 0 spiro atoms. The molecule has 50 heavy (non-hydrogen) atoms. The molecule has 0 bridgehead atoms. The molecule has 0 radical (unpaired) electrons. The molecule has 2 fully saturated rings. The summed E-state index contributed by atoms with van der Waals surface area (Å²) in [4.78, 5) is 59.7. The minimum absolute atomic E-state index is 0.0105. The highest BCUT2D eigenvalue weighted by atomic mass is 35.5. The van der Waals surface area contributed by atoms with Crippen molar-refractivity contribution < 1.29 is 37.8 Å². The molecule has 6 rings (SSSR count). The first-order valence-corrected chi connectivity index (χ1v) is 17.3. The molecule has 2 saturated heterocycles. The maximum atomic E-state index is 14.5. The third-order valence-corrected chi connectivity index (χ3v) is 10.3. The number of nitrogens with zero attached hydrogens (tertiary/aromatic N) is 3. The molecule has 3 aliphatic rings. The molecule has 4 atom stereocenters. The van der Waals surface area contributed by atoms with Crippen LogP contribution in [0.1, 0.15) is 41.4 Å². The average molecular weight is 725 g/mol. The predicted molar refractivity (Wildman–Crippen MR) is 184 cm³/mol. The minimum atomic E-state index is -1.39. The van der Waals surface area contributed by atoms with E-state index in [1.807, 2.05) is 30.3 Å². The molecular formula is C37H39Cl2N3O8. The van der Waals surface area contributed by atoms with E-state index >= 15 is 0 Å². The molecule has 0 saturated carbocycles. The lowest BCUT2D eigenvalue weighted by atomic mass is 9.66. The molecule has 0 N–H and O–H groups in total. The Morgan fingerprint density at radius 1 is 0.980 bits per heavy atom. The molecule has 3 aromatic rings. The highest BCUT2D eigenvalue weighted by molar-refractivity contribution is 6.35. The Labute approximate surface area is 300 Å². The van der Waals surface area contributed by atoms with E-state index < -0.39 is 29.5 Å². The van der Waals surface area contributed by atoms with Crippen molar-refractivity contribution in [3.63, 3.8) is 0 Å². The lowest BCUT2D eigenvalue weighted by molar-refractivity contribution is -0.178. The predicted octanol–water partition coefficient (Wildman–Crippen LogP) is 5.36. The van der Waals surface area contributed by atoms with E-state index in [4.69, 9.17) is 41.8 Å². The van der Waals surface area contributed by atoms with Crippen molar-refractivity contribution >= 4 is 46.9 Å². The fourth-order valence-corrected chi connectivity index (χ4v) is 7.52. The number of methoxy groups -OCH3 is 1. The van der Waals surface area contributed by atoms with E-state index in [2.05, 4.69) is 0 Å². The van der Waals surface area contributed by atoms with Gasteiger partial charge in [0.05, 0.1) is 39.2 Å². The number of amides is 3. The normalized spacial score (nSPS) is 23.7. The first kappa shape index (κ1) is 35.7. The molecule has 11 nitrogen and oxygen atoms in total. The van der Waals surface area contributed by atoms with Crippen molar-refractivity contribution in [2.75, 3.05) is 39.9 Å². The highest BCUT2D eigenvalue weighted by Gasteiger charge is 2.59. The van der Waals surface area contributed by atoms with Gasteiger partial charge in [-0.25, -0.2) is 0 Å². The van der Waals surface area contributed by atoms with Crippen molar-refractivity contribution in [1.82, 2.24) is 14.7 Å². The van der Waals surface area contributed by atoms with Crippen molar-refractivity contribution in [2.45, 2.75) is 45.1 Å². The second-order valence-electron chi connectivity index (χ2n) is 12.7. The maximum absolute atomic E-state index is 14.5. The number of halogens is 2. The molecule has 0 unspecified atom stereocenters. The van der Waals surface area contributed by atoms with Crippen LogP contribution in [0.3, 0.4) is 0 Å². The molecule has 3 amide bonds. The summed E-state index contributed by atoms with van der Waals surface area (Å²) in [7, 11) is 1.30. The van der Waals surface area contributed by atoms with Gasteiger partial charge < -0.3 is 33.3 Å². The van der Waals surface area contributed by atoms with E-state index in [0.29, 0.717) is 54.1 Å². The summed E-state index contributed by atoms with van der Waals surface area (Å²) in [5.41, 5.74) is 0.653. The second kappa shape index (κ2) is 15.4. The Kier molecular flexibility index (Phi) is 11.0. The van der Waals surface area contributed by atoms with Gasteiger partial charge in [0.2, 0.25) is 11.8 Å². The van der Waals surface area contributed by atoms with Gasteiger partial charge in [-0.1, -0.05) is 59.6 Å². The van der Waals surface area contributed by atoms with Crippen LogP contribution in [-0.4, -0.2) is 90.5 Å². The summed E-state index contributed by atoms with van der Waals surface area (Å²) in [6, 6.07) is 18.0. The van der Waals surface area contributed by atoms with Crippen molar-refractivity contribution in [2.24, 2.45) is 11.3 Å². The smallest absolute Gasteiger partial charge is 0.320 e. The van der Waals surface area contributed by atoms with Gasteiger partial charge in [-0.15, -0.1) is 0 Å². The number of furan rings is 1. The molecule has 1 aromatic heterocycles. The third-order valence-electron chi connectivity index (χ3n) is 9.71. The van der Waals surface area contributed by atoms with Crippen LogP contribution in [0.4, 0.5) is 0 Å². The largest absolute Gasteiger partial charge is 0.468 e. The number of hydrogen-bond acceptors (Lipinski definition) is 8. The summed E-state index contributed by atoms with van der Waals surface area (Å²) in [5, 5.41) is 0.800. The standard InChI is InChI=1S/C37H39Cl2N3O8/c1-24-37(36(46)47-2)20-27(17-33(43)40-12-14-41(15-13-40)35(45)31-9-6-16-49-31)34(44)42(21-26-10-11-28(38)18-30(26)39)32(37)19-29(50-24)23-48-22-25-7-4-3-5-8-25/h3-11,16,18-19,24,27,29H,12-15,17,20-23H2,1-2H3/t24-,27+,29-,37+/m1/s1. The molecular weight excluding hydrogens is 685 g/mol. The number of ether oxygens (including phenoxy) is 3. The highest BCUT2D eigenvalue weighted by Crippen LogP contribution is 2.51. The molecule has 4 heterocycles. The zero-order valence-electron chi connectivity index (χ0n) is 27.9. The van der Waals surface area contributed by atoms with E-state index in [1.54, 1.807) is 53.1 Å². The van der Waals surface area contributed by atoms with Gasteiger partial charge in [0.1, 0.15) is 11.5 Å². The zero-order valence-corrected chi connectivity index (χ0v) is 29.4. The van der Waals surface area contributed by atoms with Crippen LogP contribution >= 0.6 is 23.2 Å². The van der Waals surface area contributed by atoms with Crippen molar-refractivity contribution in [3.05, 3.63) is 106 Å². The number of piperazine rings is 1. The number of hydrogen-bond donors (Lipinski definition) is 0. The van der Waals surface area contributed by atoms with E-state index in [0.717, 1.165) is 5.56 Å². The molecule has 2 aromatic carbocycles. The minimum Gasteiger partial charge on any atom is -0.468 e. The molecule has 0 aliphatic carbocycles. The third kappa shape index (κ3) is 7.32. The number of esters is 1. The number of benzene rings is 2. The first-order chi connectivity index (χ1) is 24.1. The monoisotopic (exact) mass is 723 g/mol. The fraction of sp³-hybridized carbons (Fsp3) is 0.405. The van der Waals surface area contributed by atoms with Gasteiger partial charge in [-0.3, -0.25) is 19.2 Å². The number of piperidine rings is 1. The first-order valence-electron chi connectivity index (χ1n) is 16.5. The summed E-state index contributed by atoms with van der Waals surface area (Å²) < 4.78 is 23.0. The van der Waals surface area contributed by atoms with Gasteiger partial charge in [0, 0.05) is 54.3 Å². The quantitative estimate of drug-likeness (QED) is 0.257. The van der Waals surface area contributed by atoms with Gasteiger partial charge in [-0.2, -0.15) is 0 Å². The maximum Gasteiger partial charge on any atom is 0.320 e. The molecule has 13 heteroatoms. The van der Waals surface area contributed by atoms with E-state index in [9.17, 15) is 19.2 Å². The number of rotatable bonds is 10. The van der Waals surface area contributed by atoms with Crippen LogP contribution in [0, 0.1) is 11.3 Å². The van der Waals surface area contributed by atoms with Crippen LogP contribution in [0.5, 0.6) is 0 Å². The van der Waals surface area contributed by atoms with Crippen LogP contribution in [0.2, 0.25) is 10.0 Å². The van der Waals surface area contributed by atoms with Gasteiger partial charge in [0.15, 0.2) is 5.76 Å². The van der Waals surface area contributed by atoms with Crippen LogP contribution < -0.4 is 0 Å². The van der Waals surface area contributed by atoms with Crippen molar-refractivity contribution in [1.29, 1.82) is 0 Å². The van der Waals surface area contributed by atoms with Gasteiger partial charge >= 0.3 is 5.97 Å². The second-order valence-corrected chi connectivity index (χ2v) is 13.6. The Balaban J connectivity index is 1.26. The summed E-state index contributed by atoms with van der Waals surface area (Å²) in [5.74, 6) is -2.01. The number of carbonyl (C=O) groups excluding carboxylic acids is 4. The number of likely N-dealkylation sites (tertiary alicyclic amines) is 1. The molecule has 264 valence electrons. The summed E-state index contributed by atoms with van der Waals surface area (Å²) in [6.45, 7) is 3.60. The summed E-state index contributed by atoms with van der Waals surface area (Å²) in [6.07, 6.45) is 1.77. The fourth-order valence-electron chi connectivity index (χ4n) is 7.06. The lowest BCUT2D eigenvalue weighted by Gasteiger charge is -2.51. The Bertz CT molecular complexity index is 1740. The Morgan fingerprint density at radius 2 is 1.72 bits per heavy atom. The van der Waals surface area contributed by atoms with Crippen LogP contribution in [0.25, 0.3) is 0 Å². The molecule has 3 aliphatic heterocycles. The van der Waals surface area contributed by atoms with Crippen molar-refractivity contribution in [3.8, 4) is 0 Å².